The summed E-state index contributed by atoms with van der Waals surface area (Å²) in [5.74, 6) is 0.696. The third-order valence-electron chi connectivity index (χ3n) is 3.53. The molecule has 0 heterocycles. The highest BCUT2D eigenvalue weighted by Crippen LogP contribution is 2.29. The van der Waals surface area contributed by atoms with Crippen LogP contribution in [0.1, 0.15) is 27.7 Å². The minimum Gasteiger partial charge on any atom is -0.317 e. The molecule has 0 aliphatic heterocycles. The third-order valence-corrected chi connectivity index (χ3v) is 5.65. The van der Waals surface area contributed by atoms with Crippen molar-refractivity contribution in [1.82, 2.24) is 5.32 Å². The van der Waals surface area contributed by atoms with Crippen LogP contribution in [0.4, 0.5) is 0 Å². The molecule has 2 rings (SSSR count). The molecule has 20 heavy (non-hydrogen) atoms. The molecule has 0 amide bonds. The van der Waals surface area contributed by atoms with Crippen LogP contribution in [0.15, 0.2) is 54.1 Å². The maximum absolute atomic E-state index is 3.11. The van der Waals surface area contributed by atoms with Gasteiger partial charge in [0.15, 0.2) is 0 Å². The summed E-state index contributed by atoms with van der Waals surface area (Å²) in [6, 6.07) is 11.0. The van der Waals surface area contributed by atoms with E-state index in [1.54, 1.807) is 10.8 Å². The Morgan fingerprint density at radius 2 is 1.75 bits per heavy atom. The van der Waals surface area contributed by atoms with E-state index < -0.39 is 0 Å². The first-order valence-corrected chi connectivity index (χ1v) is 9.34. The molecule has 0 aromatic heterocycles. The van der Waals surface area contributed by atoms with Crippen LogP contribution in [0.5, 0.6) is 0 Å². The lowest BCUT2D eigenvalue weighted by atomic mass is 10.0. The molecule has 1 nitrogen and oxygen atoms in total. The second-order valence-electron chi connectivity index (χ2n) is 5.46. The summed E-state index contributed by atoms with van der Waals surface area (Å²) >= 11 is 0. The van der Waals surface area contributed by atoms with Gasteiger partial charge in [0.2, 0.25) is 0 Å². The van der Waals surface area contributed by atoms with Gasteiger partial charge in [0.1, 0.15) is 0 Å². The van der Waals surface area contributed by atoms with Gasteiger partial charge < -0.3 is 5.32 Å². The standard InChI is InChI=1S/C14H18Si.C4H11N/c1-11(2)13-9-6-10-14(13)15-12-7-4-3-5-8-12;1-3-5-4-2/h3-11,14H,15H2,1-2H3;5H,3-4H2,1-2H3. The highest BCUT2D eigenvalue weighted by molar-refractivity contribution is 6.56. The number of allylic oxidation sites excluding steroid dienone is 4. The maximum atomic E-state index is 3.11. The lowest BCUT2D eigenvalue weighted by molar-refractivity contribution is 0.751. The molecule has 2 heteroatoms. The molecule has 1 aromatic rings. The first-order valence-electron chi connectivity index (χ1n) is 7.81. The van der Waals surface area contributed by atoms with E-state index >= 15 is 0 Å². The summed E-state index contributed by atoms with van der Waals surface area (Å²) in [6.07, 6.45) is 6.93. The average molecular weight is 288 g/mol. The van der Waals surface area contributed by atoms with Crippen molar-refractivity contribution in [2.24, 2.45) is 5.92 Å². The Bertz CT molecular complexity index is 418. The second-order valence-corrected chi connectivity index (χ2v) is 7.56. The van der Waals surface area contributed by atoms with Gasteiger partial charge in [-0.2, -0.15) is 0 Å². The molecule has 0 saturated carbocycles. The Morgan fingerprint density at radius 3 is 2.25 bits per heavy atom. The minimum atomic E-state index is -0.180. The largest absolute Gasteiger partial charge is 0.317 e. The van der Waals surface area contributed by atoms with Gasteiger partial charge in [0.05, 0.1) is 9.52 Å². The number of hydrogen-bond acceptors (Lipinski definition) is 1. The minimum absolute atomic E-state index is 0.180. The number of hydrogen-bond donors (Lipinski definition) is 1. The number of benzene rings is 1. The van der Waals surface area contributed by atoms with E-state index in [0.29, 0.717) is 5.92 Å². The van der Waals surface area contributed by atoms with Gasteiger partial charge in [-0.05, 0) is 24.5 Å². The van der Waals surface area contributed by atoms with Crippen LogP contribution < -0.4 is 10.5 Å². The fourth-order valence-electron chi connectivity index (χ4n) is 2.46. The Balaban J connectivity index is 0.000000347. The smallest absolute Gasteiger partial charge is 0.0667 e. The molecule has 0 saturated heterocycles. The molecule has 0 radical (unpaired) electrons. The van der Waals surface area contributed by atoms with Crippen LogP contribution in [0.25, 0.3) is 0 Å². The second kappa shape index (κ2) is 9.73. The SMILES string of the molecule is CC(C)C1=CC=CC1[SiH2]c1ccccc1.CCNCC. The van der Waals surface area contributed by atoms with Crippen LogP contribution >= 0.6 is 0 Å². The normalized spacial score (nSPS) is 17.4. The maximum Gasteiger partial charge on any atom is 0.0667 e. The van der Waals surface area contributed by atoms with Gasteiger partial charge in [0.25, 0.3) is 0 Å². The summed E-state index contributed by atoms with van der Waals surface area (Å²) in [4.78, 5) is 0. The summed E-state index contributed by atoms with van der Waals surface area (Å²) in [5, 5.41) is 4.68. The fraction of sp³-hybridized carbons (Fsp3) is 0.444. The predicted octanol–water partition coefficient (Wildman–Crippen LogP) is 3.04. The van der Waals surface area contributed by atoms with Crippen molar-refractivity contribution in [2.75, 3.05) is 13.1 Å². The molecule has 1 atom stereocenters. The van der Waals surface area contributed by atoms with E-state index in [2.05, 4.69) is 81.6 Å². The predicted molar refractivity (Wildman–Crippen MR) is 94.6 cm³/mol. The molecule has 0 spiro atoms. The molecule has 0 fully saturated rings. The Kier molecular flexibility index (Phi) is 8.24. The highest BCUT2D eigenvalue weighted by atomic mass is 28.2. The van der Waals surface area contributed by atoms with E-state index in [1.807, 2.05) is 0 Å². The molecule has 0 bridgehead atoms. The van der Waals surface area contributed by atoms with Crippen molar-refractivity contribution in [3.05, 3.63) is 54.1 Å². The van der Waals surface area contributed by atoms with Crippen molar-refractivity contribution in [3.8, 4) is 0 Å². The fourth-order valence-corrected chi connectivity index (χ4v) is 4.65. The van der Waals surface area contributed by atoms with Gasteiger partial charge in [-0.1, -0.05) is 87.0 Å². The van der Waals surface area contributed by atoms with Crippen molar-refractivity contribution in [3.63, 3.8) is 0 Å². The first-order chi connectivity index (χ1) is 9.69. The molecular formula is C18H29NSi. The Morgan fingerprint density at radius 1 is 1.10 bits per heavy atom. The van der Waals surface area contributed by atoms with Crippen LogP contribution in [-0.2, 0) is 0 Å². The first kappa shape index (κ1) is 16.9. The van der Waals surface area contributed by atoms with Crippen molar-refractivity contribution < 1.29 is 0 Å². The van der Waals surface area contributed by atoms with E-state index in [1.165, 1.54) is 0 Å². The molecule has 110 valence electrons. The zero-order valence-electron chi connectivity index (χ0n) is 13.4. The number of nitrogens with one attached hydrogen (secondary N) is 1. The van der Waals surface area contributed by atoms with Crippen LogP contribution in [0.3, 0.4) is 0 Å². The zero-order chi connectivity index (χ0) is 14.8. The lowest BCUT2D eigenvalue weighted by Gasteiger charge is -2.16. The van der Waals surface area contributed by atoms with Gasteiger partial charge in [-0.25, -0.2) is 0 Å². The summed E-state index contributed by atoms with van der Waals surface area (Å²) < 4.78 is 0. The van der Waals surface area contributed by atoms with Crippen LogP contribution in [-0.4, -0.2) is 22.6 Å². The Hall–Kier alpha value is -1.12. The third kappa shape index (κ3) is 5.89. The quantitative estimate of drug-likeness (QED) is 0.821. The molecule has 1 aliphatic carbocycles. The van der Waals surface area contributed by atoms with Gasteiger partial charge >= 0.3 is 0 Å². The summed E-state index contributed by atoms with van der Waals surface area (Å²) in [7, 11) is -0.180. The highest BCUT2D eigenvalue weighted by Gasteiger charge is 2.17. The van der Waals surface area contributed by atoms with E-state index in [0.717, 1.165) is 18.6 Å². The Labute approximate surface area is 127 Å². The van der Waals surface area contributed by atoms with E-state index in [-0.39, 0.29) is 9.52 Å². The summed E-state index contributed by atoms with van der Waals surface area (Å²) in [5.41, 5.74) is 2.39. The molecule has 1 aromatic carbocycles. The molecule has 1 N–H and O–H groups in total. The zero-order valence-corrected chi connectivity index (χ0v) is 14.8. The van der Waals surface area contributed by atoms with E-state index in [9.17, 15) is 0 Å². The molecule has 1 aliphatic rings. The monoisotopic (exact) mass is 287 g/mol. The van der Waals surface area contributed by atoms with Gasteiger partial charge in [-0.15, -0.1) is 0 Å². The topological polar surface area (TPSA) is 12.0 Å². The molecule has 1 unspecified atom stereocenters. The average Bonchev–Trinajstić information content (AvgIpc) is 2.90. The van der Waals surface area contributed by atoms with E-state index in [4.69, 9.17) is 0 Å². The molecular weight excluding hydrogens is 258 g/mol. The van der Waals surface area contributed by atoms with Crippen LogP contribution in [0.2, 0.25) is 5.54 Å². The van der Waals surface area contributed by atoms with Crippen molar-refractivity contribution >= 4 is 14.7 Å². The lowest BCUT2D eigenvalue weighted by Crippen LogP contribution is -2.19. The van der Waals surface area contributed by atoms with Crippen LogP contribution in [0, 0.1) is 5.92 Å². The van der Waals surface area contributed by atoms with Gasteiger partial charge in [0, 0.05) is 0 Å². The summed E-state index contributed by atoms with van der Waals surface area (Å²) in [6.45, 7) is 11.0. The van der Waals surface area contributed by atoms with Gasteiger partial charge in [-0.3, -0.25) is 0 Å². The van der Waals surface area contributed by atoms with Crippen molar-refractivity contribution in [1.29, 1.82) is 0 Å². The number of rotatable bonds is 5. The van der Waals surface area contributed by atoms with Crippen molar-refractivity contribution in [2.45, 2.75) is 33.2 Å².